The lowest BCUT2D eigenvalue weighted by Gasteiger charge is -2.34. The molecule has 1 saturated heterocycles. The summed E-state index contributed by atoms with van der Waals surface area (Å²) in [5.41, 5.74) is 1.66. The van der Waals surface area contributed by atoms with E-state index in [1.54, 1.807) is 12.1 Å². The number of rotatable bonds is 5. The summed E-state index contributed by atoms with van der Waals surface area (Å²) in [6.45, 7) is 1.55. The van der Waals surface area contributed by atoms with Gasteiger partial charge in [-0.15, -0.1) is 0 Å². The zero-order valence-electron chi connectivity index (χ0n) is 14.1. The Bertz CT molecular complexity index is 683. The molecule has 0 aromatic heterocycles. The van der Waals surface area contributed by atoms with Gasteiger partial charge in [0, 0.05) is 18.8 Å². The molecule has 4 nitrogen and oxygen atoms in total. The number of carbonyl (C=O) groups is 1. The standard InChI is InChI=1S/C20H23FN2O2/c21-17-8-6-15(7-9-17)20(25)16-10-12-23(13-11-16)19(24)14-22-18-4-2-1-3-5-18/h1-9,16,20,22,25H,10-14H2. The van der Waals surface area contributed by atoms with Crippen molar-refractivity contribution in [1.29, 1.82) is 0 Å². The molecule has 5 heteroatoms. The van der Waals surface area contributed by atoms with Crippen molar-refractivity contribution in [2.75, 3.05) is 25.0 Å². The maximum atomic E-state index is 13.0. The maximum Gasteiger partial charge on any atom is 0.241 e. The Morgan fingerprint density at radius 3 is 2.40 bits per heavy atom. The van der Waals surface area contributed by atoms with Gasteiger partial charge < -0.3 is 15.3 Å². The van der Waals surface area contributed by atoms with E-state index in [-0.39, 0.29) is 24.2 Å². The number of carbonyl (C=O) groups excluding carboxylic acids is 1. The molecular formula is C20H23FN2O2. The van der Waals surface area contributed by atoms with E-state index in [9.17, 15) is 14.3 Å². The minimum Gasteiger partial charge on any atom is -0.388 e. The SMILES string of the molecule is O=C(CNc1ccccc1)N1CCC(C(O)c2ccc(F)cc2)CC1. The Morgan fingerprint density at radius 2 is 1.76 bits per heavy atom. The average molecular weight is 342 g/mol. The number of nitrogens with one attached hydrogen (secondary N) is 1. The normalized spacial score (nSPS) is 16.5. The summed E-state index contributed by atoms with van der Waals surface area (Å²) >= 11 is 0. The number of anilines is 1. The summed E-state index contributed by atoms with van der Waals surface area (Å²) in [6, 6.07) is 15.6. The van der Waals surface area contributed by atoms with Crippen LogP contribution in [0.5, 0.6) is 0 Å². The van der Waals surface area contributed by atoms with Crippen molar-refractivity contribution in [3.63, 3.8) is 0 Å². The lowest BCUT2D eigenvalue weighted by Crippen LogP contribution is -2.42. The third-order valence-corrected chi connectivity index (χ3v) is 4.77. The number of aliphatic hydroxyl groups excluding tert-OH is 1. The molecule has 1 unspecified atom stereocenters. The first-order valence-electron chi connectivity index (χ1n) is 8.64. The second kappa shape index (κ2) is 8.12. The minimum atomic E-state index is -0.611. The molecule has 1 fully saturated rings. The molecule has 132 valence electrons. The highest BCUT2D eigenvalue weighted by molar-refractivity contribution is 5.80. The molecule has 1 amide bonds. The Kier molecular flexibility index (Phi) is 5.66. The number of halogens is 1. The highest BCUT2D eigenvalue weighted by Crippen LogP contribution is 2.30. The van der Waals surface area contributed by atoms with E-state index in [2.05, 4.69) is 5.32 Å². The number of nitrogens with zero attached hydrogens (tertiary/aromatic N) is 1. The van der Waals surface area contributed by atoms with Crippen LogP contribution in [-0.2, 0) is 4.79 Å². The molecule has 0 saturated carbocycles. The van der Waals surface area contributed by atoms with E-state index in [0.29, 0.717) is 13.1 Å². The molecule has 0 bridgehead atoms. The third-order valence-electron chi connectivity index (χ3n) is 4.77. The largest absolute Gasteiger partial charge is 0.388 e. The first-order chi connectivity index (χ1) is 12.1. The van der Waals surface area contributed by atoms with E-state index in [1.807, 2.05) is 35.2 Å². The monoisotopic (exact) mass is 342 g/mol. The predicted octanol–water partition coefficient (Wildman–Crippen LogP) is 3.21. The Hall–Kier alpha value is -2.40. The zero-order chi connectivity index (χ0) is 17.6. The van der Waals surface area contributed by atoms with Crippen molar-refractivity contribution in [2.24, 2.45) is 5.92 Å². The predicted molar refractivity (Wildman–Crippen MR) is 95.6 cm³/mol. The van der Waals surface area contributed by atoms with Crippen LogP contribution in [0.3, 0.4) is 0 Å². The second-order valence-electron chi connectivity index (χ2n) is 6.43. The van der Waals surface area contributed by atoms with Crippen LogP contribution in [0.2, 0.25) is 0 Å². The third kappa shape index (κ3) is 4.57. The summed E-state index contributed by atoms with van der Waals surface area (Å²) in [7, 11) is 0. The fourth-order valence-electron chi connectivity index (χ4n) is 3.24. The number of aliphatic hydroxyl groups is 1. The van der Waals surface area contributed by atoms with E-state index in [1.165, 1.54) is 12.1 Å². The van der Waals surface area contributed by atoms with Gasteiger partial charge in [0.05, 0.1) is 12.6 Å². The van der Waals surface area contributed by atoms with Crippen molar-refractivity contribution >= 4 is 11.6 Å². The molecule has 2 N–H and O–H groups in total. The van der Waals surface area contributed by atoms with Crippen molar-refractivity contribution in [3.8, 4) is 0 Å². The van der Waals surface area contributed by atoms with Crippen LogP contribution >= 0.6 is 0 Å². The molecule has 0 radical (unpaired) electrons. The molecule has 0 aliphatic carbocycles. The van der Waals surface area contributed by atoms with Crippen molar-refractivity contribution in [1.82, 2.24) is 4.90 Å². The van der Waals surface area contributed by atoms with Crippen LogP contribution < -0.4 is 5.32 Å². The van der Waals surface area contributed by atoms with Gasteiger partial charge in [0.15, 0.2) is 0 Å². The van der Waals surface area contributed by atoms with Crippen molar-refractivity contribution < 1.29 is 14.3 Å². The summed E-state index contributed by atoms with van der Waals surface area (Å²) in [4.78, 5) is 14.2. The van der Waals surface area contributed by atoms with Gasteiger partial charge in [0.2, 0.25) is 5.91 Å². The number of piperidine rings is 1. The average Bonchev–Trinajstić information content (AvgIpc) is 2.67. The Labute approximate surface area is 147 Å². The number of amides is 1. The van der Waals surface area contributed by atoms with Gasteiger partial charge in [0.25, 0.3) is 0 Å². The second-order valence-corrected chi connectivity index (χ2v) is 6.43. The summed E-state index contributed by atoms with van der Waals surface area (Å²) < 4.78 is 13.0. The fraction of sp³-hybridized carbons (Fsp3) is 0.350. The Morgan fingerprint density at radius 1 is 1.12 bits per heavy atom. The van der Waals surface area contributed by atoms with Gasteiger partial charge in [-0.3, -0.25) is 4.79 Å². The number of hydrogen-bond acceptors (Lipinski definition) is 3. The summed E-state index contributed by atoms with van der Waals surface area (Å²) in [6.07, 6.45) is 0.880. The molecule has 1 aliphatic rings. The van der Waals surface area contributed by atoms with E-state index >= 15 is 0 Å². The smallest absolute Gasteiger partial charge is 0.241 e. The summed E-state index contributed by atoms with van der Waals surface area (Å²) in [5.74, 6) is -0.141. The molecule has 3 rings (SSSR count). The van der Waals surface area contributed by atoms with Crippen LogP contribution in [0.4, 0.5) is 10.1 Å². The first-order valence-corrected chi connectivity index (χ1v) is 8.64. The lowest BCUT2D eigenvalue weighted by atomic mass is 9.87. The zero-order valence-corrected chi connectivity index (χ0v) is 14.1. The van der Waals surface area contributed by atoms with Crippen LogP contribution in [0, 0.1) is 11.7 Å². The number of benzene rings is 2. The van der Waals surface area contributed by atoms with Crippen LogP contribution in [0.25, 0.3) is 0 Å². The minimum absolute atomic E-state index is 0.0681. The molecule has 2 aromatic rings. The maximum absolute atomic E-state index is 13.0. The van der Waals surface area contributed by atoms with Crippen LogP contribution in [-0.4, -0.2) is 35.5 Å². The highest BCUT2D eigenvalue weighted by Gasteiger charge is 2.28. The van der Waals surface area contributed by atoms with E-state index < -0.39 is 6.10 Å². The van der Waals surface area contributed by atoms with Gasteiger partial charge in [-0.1, -0.05) is 30.3 Å². The van der Waals surface area contributed by atoms with E-state index in [4.69, 9.17) is 0 Å². The van der Waals surface area contributed by atoms with Gasteiger partial charge in [0.1, 0.15) is 5.82 Å². The Balaban J connectivity index is 1.47. The van der Waals surface area contributed by atoms with Crippen molar-refractivity contribution in [3.05, 3.63) is 66.0 Å². The van der Waals surface area contributed by atoms with Gasteiger partial charge in [-0.25, -0.2) is 4.39 Å². The summed E-state index contributed by atoms with van der Waals surface area (Å²) in [5, 5.41) is 13.6. The van der Waals surface area contributed by atoms with Gasteiger partial charge in [-0.05, 0) is 48.6 Å². The molecule has 1 aliphatic heterocycles. The van der Waals surface area contributed by atoms with Crippen LogP contribution in [0.15, 0.2) is 54.6 Å². The topological polar surface area (TPSA) is 52.6 Å². The lowest BCUT2D eigenvalue weighted by molar-refractivity contribution is -0.131. The number of hydrogen-bond donors (Lipinski definition) is 2. The first kappa shape index (κ1) is 17.4. The number of para-hydroxylation sites is 1. The molecule has 1 atom stereocenters. The molecule has 0 spiro atoms. The molecule has 2 aromatic carbocycles. The van der Waals surface area contributed by atoms with Crippen LogP contribution in [0.1, 0.15) is 24.5 Å². The van der Waals surface area contributed by atoms with E-state index in [0.717, 1.165) is 24.1 Å². The quantitative estimate of drug-likeness (QED) is 0.877. The molecular weight excluding hydrogens is 319 g/mol. The van der Waals surface area contributed by atoms with Gasteiger partial charge in [-0.2, -0.15) is 0 Å². The van der Waals surface area contributed by atoms with Crippen molar-refractivity contribution in [2.45, 2.75) is 18.9 Å². The highest BCUT2D eigenvalue weighted by atomic mass is 19.1. The molecule has 1 heterocycles. The fourth-order valence-corrected chi connectivity index (χ4v) is 3.24. The molecule has 25 heavy (non-hydrogen) atoms. The number of likely N-dealkylation sites (tertiary alicyclic amines) is 1. The van der Waals surface area contributed by atoms with Gasteiger partial charge >= 0.3 is 0 Å².